The molecule has 0 unspecified atom stereocenters. The van der Waals surface area contributed by atoms with E-state index in [4.69, 9.17) is 0 Å². The Morgan fingerprint density at radius 1 is 1.31 bits per heavy atom. The smallest absolute Gasteiger partial charge is 0.318 e. The minimum atomic E-state index is -0.236. The largest absolute Gasteiger partial charge is 0.479 e. The SMILES string of the molecule is Oc1nc(NC2CCCC2)c2[nH]cnc2n1. The first-order valence-corrected chi connectivity index (χ1v) is 5.49. The van der Waals surface area contributed by atoms with Crippen LogP contribution < -0.4 is 5.32 Å². The molecule has 2 aromatic rings. The van der Waals surface area contributed by atoms with Gasteiger partial charge in [0.05, 0.1) is 6.33 Å². The summed E-state index contributed by atoms with van der Waals surface area (Å²) in [6.07, 6.45) is 6.36. The summed E-state index contributed by atoms with van der Waals surface area (Å²) < 4.78 is 0. The summed E-state index contributed by atoms with van der Waals surface area (Å²) in [6.45, 7) is 0. The summed E-state index contributed by atoms with van der Waals surface area (Å²) in [5, 5.41) is 12.7. The molecule has 3 rings (SSSR count). The number of aromatic amines is 1. The number of hydrogen-bond donors (Lipinski definition) is 3. The fourth-order valence-electron chi connectivity index (χ4n) is 2.19. The van der Waals surface area contributed by atoms with Gasteiger partial charge in [0.15, 0.2) is 11.5 Å². The van der Waals surface area contributed by atoms with Crippen molar-refractivity contribution in [1.82, 2.24) is 19.9 Å². The van der Waals surface area contributed by atoms with Gasteiger partial charge in [-0.3, -0.25) is 0 Å². The van der Waals surface area contributed by atoms with Gasteiger partial charge in [0.25, 0.3) is 0 Å². The van der Waals surface area contributed by atoms with Crippen LogP contribution in [0.25, 0.3) is 11.2 Å². The molecule has 0 saturated heterocycles. The lowest BCUT2D eigenvalue weighted by Crippen LogP contribution is -2.16. The zero-order chi connectivity index (χ0) is 11.0. The van der Waals surface area contributed by atoms with Gasteiger partial charge in [-0.1, -0.05) is 12.8 Å². The molecule has 0 bridgehead atoms. The third kappa shape index (κ3) is 1.56. The van der Waals surface area contributed by atoms with Crippen molar-refractivity contribution in [3.05, 3.63) is 6.33 Å². The molecule has 2 heterocycles. The number of H-pyrrole nitrogens is 1. The molecular formula is C10H13N5O. The Bertz CT molecular complexity index is 503. The van der Waals surface area contributed by atoms with E-state index in [0.29, 0.717) is 17.5 Å². The quantitative estimate of drug-likeness (QED) is 0.711. The van der Waals surface area contributed by atoms with Crippen LogP contribution in [0, 0.1) is 0 Å². The highest BCUT2D eigenvalue weighted by atomic mass is 16.3. The van der Waals surface area contributed by atoms with Crippen LogP contribution in [0.3, 0.4) is 0 Å². The first-order valence-electron chi connectivity index (χ1n) is 5.49. The molecule has 16 heavy (non-hydrogen) atoms. The maximum Gasteiger partial charge on any atom is 0.318 e. The minimum Gasteiger partial charge on any atom is -0.479 e. The fraction of sp³-hybridized carbons (Fsp3) is 0.500. The van der Waals surface area contributed by atoms with Crippen LogP contribution >= 0.6 is 0 Å². The zero-order valence-corrected chi connectivity index (χ0v) is 8.77. The Morgan fingerprint density at radius 3 is 2.94 bits per heavy atom. The second-order valence-corrected chi connectivity index (χ2v) is 4.10. The van der Waals surface area contributed by atoms with E-state index < -0.39 is 0 Å². The molecule has 1 aliphatic carbocycles. The van der Waals surface area contributed by atoms with Crippen molar-refractivity contribution in [1.29, 1.82) is 0 Å². The van der Waals surface area contributed by atoms with Crippen LogP contribution in [-0.4, -0.2) is 31.1 Å². The molecule has 2 aromatic heterocycles. The van der Waals surface area contributed by atoms with Crippen LogP contribution in [0.15, 0.2) is 6.33 Å². The van der Waals surface area contributed by atoms with Crippen molar-refractivity contribution in [2.24, 2.45) is 0 Å². The molecule has 1 saturated carbocycles. The molecule has 3 N–H and O–H groups in total. The predicted molar refractivity (Wildman–Crippen MR) is 59.2 cm³/mol. The summed E-state index contributed by atoms with van der Waals surface area (Å²) in [7, 11) is 0. The summed E-state index contributed by atoms with van der Waals surface area (Å²) in [5.41, 5.74) is 1.25. The highest BCUT2D eigenvalue weighted by molar-refractivity contribution is 5.82. The van der Waals surface area contributed by atoms with Gasteiger partial charge in [-0.2, -0.15) is 9.97 Å². The lowest BCUT2D eigenvalue weighted by atomic mass is 10.2. The standard InChI is InChI=1S/C10H13N5O/c16-10-14-8-7(11-5-12-8)9(15-10)13-6-3-1-2-4-6/h5-6H,1-4H2,(H3,11,12,13,14,15,16). The number of aromatic hydroxyl groups is 1. The number of fused-ring (bicyclic) bond motifs is 1. The third-order valence-electron chi connectivity index (χ3n) is 2.97. The highest BCUT2D eigenvalue weighted by Crippen LogP contribution is 2.25. The van der Waals surface area contributed by atoms with Gasteiger partial charge in [0, 0.05) is 6.04 Å². The van der Waals surface area contributed by atoms with E-state index in [1.807, 2.05) is 0 Å². The number of anilines is 1. The van der Waals surface area contributed by atoms with Crippen LogP contribution in [0.1, 0.15) is 25.7 Å². The Kier molecular flexibility index (Phi) is 2.12. The summed E-state index contributed by atoms with van der Waals surface area (Å²) >= 11 is 0. The molecule has 0 radical (unpaired) electrons. The van der Waals surface area contributed by atoms with Crippen molar-refractivity contribution in [3.8, 4) is 6.01 Å². The molecular weight excluding hydrogens is 206 g/mol. The number of nitrogens with zero attached hydrogens (tertiary/aromatic N) is 3. The van der Waals surface area contributed by atoms with Crippen molar-refractivity contribution in [2.75, 3.05) is 5.32 Å². The predicted octanol–water partition coefficient (Wildman–Crippen LogP) is 1.41. The van der Waals surface area contributed by atoms with Crippen LogP contribution in [0.4, 0.5) is 5.82 Å². The zero-order valence-electron chi connectivity index (χ0n) is 8.77. The summed E-state index contributed by atoms with van der Waals surface area (Å²) in [6, 6.07) is 0.209. The summed E-state index contributed by atoms with van der Waals surface area (Å²) in [5.74, 6) is 0.645. The third-order valence-corrected chi connectivity index (χ3v) is 2.97. The average Bonchev–Trinajstić information content (AvgIpc) is 2.87. The first kappa shape index (κ1) is 9.38. The highest BCUT2D eigenvalue weighted by Gasteiger charge is 2.17. The Labute approximate surface area is 92.1 Å². The van der Waals surface area contributed by atoms with Gasteiger partial charge < -0.3 is 15.4 Å². The van der Waals surface area contributed by atoms with E-state index in [0.717, 1.165) is 18.4 Å². The van der Waals surface area contributed by atoms with E-state index in [2.05, 4.69) is 25.3 Å². The van der Waals surface area contributed by atoms with Crippen molar-refractivity contribution >= 4 is 17.0 Å². The number of rotatable bonds is 2. The molecule has 0 atom stereocenters. The molecule has 1 aliphatic rings. The molecule has 0 aromatic carbocycles. The van der Waals surface area contributed by atoms with Crippen molar-refractivity contribution < 1.29 is 5.11 Å². The van der Waals surface area contributed by atoms with Gasteiger partial charge in [-0.25, -0.2) is 4.98 Å². The molecule has 1 fully saturated rings. The molecule has 0 amide bonds. The van der Waals surface area contributed by atoms with Gasteiger partial charge in [0.2, 0.25) is 0 Å². The maximum absolute atomic E-state index is 9.39. The molecule has 6 heteroatoms. The lowest BCUT2D eigenvalue weighted by molar-refractivity contribution is 0.433. The van der Waals surface area contributed by atoms with Crippen LogP contribution in [0.5, 0.6) is 6.01 Å². The molecule has 0 spiro atoms. The number of nitrogens with one attached hydrogen (secondary N) is 2. The number of hydrogen-bond acceptors (Lipinski definition) is 5. The van der Waals surface area contributed by atoms with Gasteiger partial charge in [-0.15, -0.1) is 0 Å². The topological polar surface area (TPSA) is 86.7 Å². The Hall–Kier alpha value is -1.85. The van der Waals surface area contributed by atoms with E-state index in [9.17, 15) is 5.11 Å². The monoisotopic (exact) mass is 219 g/mol. The fourth-order valence-corrected chi connectivity index (χ4v) is 2.19. The lowest BCUT2D eigenvalue weighted by Gasteiger charge is -2.12. The van der Waals surface area contributed by atoms with Gasteiger partial charge in [0.1, 0.15) is 5.52 Å². The number of imidazole rings is 1. The van der Waals surface area contributed by atoms with Crippen molar-refractivity contribution in [3.63, 3.8) is 0 Å². The van der Waals surface area contributed by atoms with Crippen LogP contribution in [-0.2, 0) is 0 Å². The number of aromatic nitrogens is 4. The van der Waals surface area contributed by atoms with Gasteiger partial charge >= 0.3 is 6.01 Å². The van der Waals surface area contributed by atoms with E-state index in [-0.39, 0.29) is 6.01 Å². The van der Waals surface area contributed by atoms with E-state index in [1.165, 1.54) is 12.8 Å². The molecule has 0 aliphatic heterocycles. The van der Waals surface area contributed by atoms with E-state index >= 15 is 0 Å². The van der Waals surface area contributed by atoms with E-state index in [1.54, 1.807) is 6.33 Å². The molecule has 84 valence electrons. The second-order valence-electron chi connectivity index (χ2n) is 4.10. The van der Waals surface area contributed by atoms with Crippen LogP contribution in [0.2, 0.25) is 0 Å². The average molecular weight is 219 g/mol. The van der Waals surface area contributed by atoms with Gasteiger partial charge in [-0.05, 0) is 12.8 Å². The maximum atomic E-state index is 9.39. The van der Waals surface area contributed by atoms with Crippen molar-refractivity contribution in [2.45, 2.75) is 31.7 Å². The first-order chi connectivity index (χ1) is 7.83. The Balaban J connectivity index is 1.97. The Morgan fingerprint density at radius 2 is 2.12 bits per heavy atom. The molecule has 6 nitrogen and oxygen atoms in total. The second kappa shape index (κ2) is 3.62. The summed E-state index contributed by atoms with van der Waals surface area (Å²) in [4.78, 5) is 14.8. The normalized spacial score (nSPS) is 17.0. The minimum absolute atomic E-state index is 0.236.